The second kappa shape index (κ2) is 12.1. The van der Waals surface area contributed by atoms with Crippen LogP contribution in [0, 0.1) is 6.57 Å². The van der Waals surface area contributed by atoms with Crippen LogP contribution in [0.15, 0.2) is 12.1 Å². The highest BCUT2D eigenvalue weighted by Crippen LogP contribution is 2.41. The Hall–Kier alpha value is -3.91. The Morgan fingerprint density at radius 2 is 1.14 bits per heavy atom. The van der Waals surface area contributed by atoms with Crippen LogP contribution in [0.2, 0.25) is 0 Å². The lowest BCUT2D eigenvalue weighted by Gasteiger charge is -2.12. The van der Waals surface area contributed by atoms with Gasteiger partial charge < -0.3 is 9.55 Å². The predicted molar refractivity (Wildman–Crippen MR) is 179 cm³/mol. The molecule has 3 aromatic rings. The molecule has 5 rings (SSSR count). The van der Waals surface area contributed by atoms with E-state index >= 15 is 0 Å². The number of allylic oxidation sites excluding steroid dienone is 1. The molecule has 0 aliphatic carbocycles. The lowest BCUT2D eigenvalue weighted by Crippen LogP contribution is -2.02. The van der Waals surface area contributed by atoms with Crippen LogP contribution in [0.25, 0.3) is 50.3 Å². The Kier molecular flexibility index (Phi) is 8.55. The maximum absolute atomic E-state index is 8.29. The van der Waals surface area contributed by atoms with E-state index in [1.165, 1.54) is 38.9 Å². The first-order valence-corrected chi connectivity index (χ1v) is 16.1. The summed E-state index contributed by atoms with van der Waals surface area (Å²) >= 11 is 0. The fraction of sp³-hybridized carbons (Fsp3) is 0.432. The fourth-order valence-electron chi connectivity index (χ4n) is 7.25. The van der Waals surface area contributed by atoms with E-state index in [1.54, 1.807) is 0 Å². The zero-order valence-electron chi connectivity index (χ0n) is 26.8. The van der Waals surface area contributed by atoms with Crippen LogP contribution < -0.4 is 0 Å². The maximum Gasteiger partial charge on any atom is 0.217 e. The second-order valence-electron chi connectivity index (χ2n) is 11.0. The minimum atomic E-state index is 0.710. The van der Waals surface area contributed by atoms with Crippen molar-refractivity contribution in [3.63, 3.8) is 0 Å². The molecule has 0 saturated heterocycles. The topological polar surface area (TPSA) is 50.9 Å². The van der Waals surface area contributed by atoms with Gasteiger partial charge >= 0.3 is 0 Å². The molecule has 0 atom stereocenters. The number of nitrogens with one attached hydrogen (secondary N) is 1. The molecule has 8 bridgehead atoms. The monoisotopic (exact) mass is 559 g/mol. The van der Waals surface area contributed by atoms with Crippen LogP contribution >= 0.6 is 0 Å². The third-order valence-corrected chi connectivity index (χ3v) is 9.14. The second-order valence-corrected chi connectivity index (χ2v) is 11.0. The molecule has 0 fully saturated rings. The van der Waals surface area contributed by atoms with E-state index in [1.807, 2.05) is 0 Å². The first kappa shape index (κ1) is 29.6. The van der Waals surface area contributed by atoms with Gasteiger partial charge in [0.25, 0.3) is 0 Å². The van der Waals surface area contributed by atoms with Gasteiger partial charge in [-0.05, 0) is 98.4 Å². The van der Waals surface area contributed by atoms with Gasteiger partial charge in [0, 0.05) is 39.8 Å². The molecule has 218 valence electrons. The quantitative estimate of drug-likeness (QED) is 0.219. The summed E-state index contributed by atoms with van der Waals surface area (Å²) in [6.07, 6.45) is 10.5. The van der Waals surface area contributed by atoms with Gasteiger partial charge in [-0.1, -0.05) is 48.5 Å². The number of hydrogen-bond acceptors (Lipinski definition) is 2. The van der Waals surface area contributed by atoms with Gasteiger partial charge in [0.2, 0.25) is 5.70 Å². The molecule has 0 saturated carbocycles. The zero-order chi connectivity index (χ0) is 30.1. The number of fused-ring (bicyclic) bond motifs is 8. The number of rotatable bonds is 8. The summed E-state index contributed by atoms with van der Waals surface area (Å²) in [5.74, 6) is 0. The highest BCUT2D eigenvalue weighted by molar-refractivity contribution is 5.99. The molecule has 0 radical (unpaired) electrons. The maximum atomic E-state index is 8.29. The molecular formula is C37H45N5. The number of aromatic amines is 1. The minimum absolute atomic E-state index is 0.710. The van der Waals surface area contributed by atoms with E-state index in [-0.39, 0.29) is 0 Å². The molecule has 2 aliphatic heterocycles. The number of aryl methyl sites for hydroxylation is 7. The summed E-state index contributed by atoms with van der Waals surface area (Å²) in [5.41, 5.74) is 18.2. The first-order chi connectivity index (χ1) is 20.5. The van der Waals surface area contributed by atoms with E-state index in [2.05, 4.69) is 94.1 Å². The van der Waals surface area contributed by atoms with Gasteiger partial charge in [-0.2, -0.15) is 0 Å². The molecule has 5 heterocycles. The summed E-state index contributed by atoms with van der Waals surface area (Å²) in [7, 11) is 0. The summed E-state index contributed by atoms with van der Waals surface area (Å²) < 4.78 is 2.55. The summed E-state index contributed by atoms with van der Waals surface area (Å²) in [6, 6.07) is 4.33. The summed E-state index contributed by atoms with van der Waals surface area (Å²) in [6.45, 7) is 27.0. The van der Waals surface area contributed by atoms with Gasteiger partial charge in [-0.15, -0.1) is 0 Å². The molecule has 2 aliphatic rings. The Bertz CT molecular complexity index is 1820. The van der Waals surface area contributed by atoms with Crippen molar-refractivity contribution in [1.29, 1.82) is 0 Å². The molecule has 0 spiro atoms. The van der Waals surface area contributed by atoms with Gasteiger partial charge in [0.1, 0.15) is 0 Å². The van der Waals surface area contributed by atoms with Crippen molar-refractivity contribution in [2.75, 3.05) is 0 Å². The fourth-order valence-corrected chi connectivity index (χ4v) is 7.25. The highest BCUT2D eigenvalue weighted by Gasteiger charge is 2.27. The Balaban J connectivity index is 2.20. The Labute approximate surface area is 251 Å². The molecule has 0 amide bonds. The van der Waals surface area contributed by atoms with Crippen LogP contribution in [0.3, 0.4) is 0 Å². The van der Waals surface area contributed by atoms with E-state index in [4.69, 9.17) is 16.5 Å². The van der Waals surface area contributed by atoms with Gasteiger partial charge in [-0.25, -0.2) is 9.83 Å². The van der Waals surface area contributed by atoms with Crippen molar-refractivity contribution >= 4 is 45.5 Å². The van der Waals surface area contributed by atoms with E-state index in [0.29, 0.717) is 5.70 Å². The SMILES string of the molecule is [C-]#[N+]C1=C(CC)c2nc1c(CC)c1ccc([nH]1)c(CC)c1nc(c(CC)c3c(CC)c(CC)c(c2CC)n3CC)C=C1. The average molecular weight is 560 g/mol. The lowest BCUT2D eigenvalue weighted by molar-refractivity contribution is 0.810. The molecule has 42 heavy (non-hydrogen) atoms. The molecule has 5 heteroatoms. The number of H-pyrrole nitrogens is 1. The van der Waals surface area contributed by atoms with Crippen LogP contribution in [0.4, 0.5) is 0 Å². The van der Waals surface area contributed by atoms with Crippen molar-refractivity contribution in [3.8, 4) is 0 Å². The molecule has 0 unspecified atom stereocenters. The van der Waals surface area contributed by atoms with E-state index in [9.17, 15) is 0 Å². The van der Waals surface area contributed by atoms with Crippen LogP contribution in [-0.4, -0.2) is 19.5 Å². The van der Waals surface area contributed by atoms with Crippen molar-refractivity contribution in [1.82, 2.24) is 19.5 Å². The zero-order valence-corrected chi connectivity index (χ0v) is 26.8. The van der Waals surface area contributed by atoms with Crippen molar-refractivity contribution in [2.24, 2.45) is 0 Å². The number of hydrogen-bond donors (Lipinski definition) is 1. The van der Waals surface area contributed by atoms with E-state index < -0.39 is 0 Å². The largest absolute Gasteiger partial charge is 0.355 e. The molecule has 5 nitrogen and oxygen atoms in total. The van der Waals surface area contributed by atoms with E-state index in [0.717, 1.165) is 96.4 Å². The van der Waals surface area contributed by atoms with Crippen LogP contribution in [-0.2, 0) is 45.1 Å². The van der Waals surface area contributed by atoms with Gasteiger partial charge in [-0.3, -0.25) is 4.98 Å². The third kappa shape index (κ3) is 4.44. The van der Waals surface area contributed by atoms with Crippen molar-refractivity contribution in [3.05, 3.63) is 79.7 Å². The van der Waals surface area contributed by atoms with Crippen molar-refractivity contribution in [2.45, 2.75) is 107 Å². The van der Waals surface area contributed by atoms with Crippen LogP contribution in [0.5, 0.6) is 0 Å². The number of aromatic nitrogens is 4. The van der Waals surface area contributed by atoms with Crippen molar-refractivity contribution < 1.29 is 0 Å². The Morgan fingerprint density at radius 3 is 1.64 bits per heavy atom. The predicted octanol–water partition coefficient (Wildman–Crippen LogP) is 9.55. The normalized spacial score (nSPS) is 12.8. The minimum Gasteiger partial charge on any atom is -0.355 e. The average Bonchev–Trinajstić information content (AvgIpc) is 3.80. The molecule has 3 aromatic heterocycles. The smallest absolute Gasteiger partial charge is 0.217 e. The summed E-state index contributed by atoms with van der Waals surface area (Å²) in [4.78, 5) is 18.5. The third-order valence-electron chi connectivity index (χ3n) is 9.14. The molecule has 1 N–H and O–H groups in total. The van der Waals surface area contributed by atoms with Gasteiger partial charge in [0.15, 0.2) is 0 Å². The molecular weight excluding hydrogens is 514 g/mol. The Morgan fingerprint density at radius 1 is 0.619 bits per heavy atom. The van der Waals surface area contributed by atoms with Crippen LogP contribution in [0.1, 0.15) is 118 Å². The first-order valence-electron chi connectivity index (χ1n) is 16.1. The highest BCUT2D eigenvalue weighted by atomic mass is 15.0. The molecule has 0 aromatic carbocycles. The summed E-state index contributed by atoms with van der Waals surface area (Å²) in [5, 5.41) is 0. The standard InChI is InChI=1S/C37H45N5/c1-10-22-23(11-2)37-28(16-7)33-27(15-6)34(38-9)35(41-33)25(13-4)31-20-18-29(39-31)24(12-3)30-19-21-32(40-30)26(14-5)36(22)42(37)17-8/h18-21,39H,10-17H2,1-8H3. The lowest BCUT2D eigenvalue weighted by atomic mass is 9.97. The van der Waals surface area contributed by atoms with Gasteiger partial charge in [0.05, 0.1) is 34.9 Å². The number of nitrogens with zero attached hydrogens (tertiary/aromatic N) is 4.